The van der Waals surface area contributed by atoms with Gasteiger partial charge in [0.15, 0.2) is 5.69 Å². The largest absolute Gasteiger partial charge is 0.383 e. The Kier molecular flexibility index (Phi) is 6.26. The van der Waals surface area contributed by atoms with Crippen LogP contribution < -0.4 is 11.3 Å². The van der Waals surface area contributed by atoms with E-state index in [4.69, 9.17) is 10.6 Å². The zero-order valence-corrected chi connectivity index (χ0v) is 10.8. The van der Waals surface area contributed by atoms with Crippen molar-refractivity contribution < 1.29 is 9.53 Å². The number of nitrogens with two attached hydrogens (primary N) is 1. The number of hydrogen-bond acceptors (Lipinski definition) is 6. The fourth-order valence-corrected chi connectivity index (χ4v) is 1.48. The Morgan fingerprint density at radius 1 is 1.61 bits per heavy atom. The number of nitrogen functional groups attached to an aromatic ring is 1. The van der Waals surface area contributed by atoms with E-state index >= 15 is 0 Å². The van der Waals surface area contributed by atoms with Gasteiger partial charge >= 0.3 is 0 Å². The molecule has 3 N–H and O–H groups in total. The van der Waals surface area contributed by atoms with Crippen molar-refractivity contribution in [2.75, 3.05) is 33.4 Å². The van der Waals surface area contributed by atoms with E-state index in [1.807, 2.05) is 5.43 Å². The van der Waals surface area contributed by atoms with Crippen LogP contribution in [0.3, 0.4) is 0 Å². The first-order valence-corrected chi connectivity index (χ1v) is 5.83. The monoisotopic (exact) mass is 256 g/mol. The summed E-state index contributed by atoms with van der Waals surface area (Å²) in [6.45, 7) is 6.09. The van der Waals surface area contributed by atoms with Gasteiger partial charge in [0, 0.05) is 20.2 Å². The molecule has 102 valence electrons. The van der Waals surface area contributed by atoms with Crippen molar-refractivity contribution in [3.63, 3.8) is 0 Å². The predicted octanol–water partition coefficient (Wildman–Crippen LogP) is -1.15. The van der Waals surface area contributed by atoms with Crippen LogP contribution in [0.4, 0.5) is 0 Å². The molecule has 1 heterocycles. The number of carbonyl (C=O) groups is 1. The van der Waals surface area contributed by atoms with Gasteiger partial charge < -0.3 is 4.74 Å². The number of methoxy groups -OCH3 is 1. The van der Waals surface area contributed by atoms with Crippen LogP contribution in [0.25, 0.3) is 0 Å². The van der Waals surface area contributed by atoms with Gasteiger partial charge in [-0.25, -0.2) is 5.84 Å². The van der Waals surface area contributed by atoms with Gasteiger partial charge in [0.25, 0.3) is 5.91 Å². The fourth-order valence-electron chi connectivity index (χ4n) is 1.48. The van der Waals surface area contributed by atoms with Crippen molar-refractivity contribution in [1.82, 2.24) is 25.3 Å². The van der Waals surface area contributed by atoms with Crippen LogP contribution in [0.5, 0.6) is 0 Å². The van der Waals surface area contributed by atoms with Gasteiger partial charge in [-0.3, -0.25) is 19.8 Å². The van der Waals surface area contributed by atoms with Crippen molar-refractivity contribution in [1.29, 1.82) is 0 Å². The molecule has 1 aromatic rings. The smallest absolute Gasteiger partial charge is 0.287 e. The van der Waals surface area contributed by atoms with Crippen LogP contribution >= 0.6 is 0 Å². The number of nitrogens with one attached hydrogen (secondary N) is 1. The number of carbonyl (C=O) groups excluding carboxylic acids is 1. The second-order valence-electron chi connectivity index (χ2n) is 3.77. The molecule has 0 fully saturated rings. The minimum absolute atomic E-state index is 0.220. The third-order valence-corrected chi connectivity index (χ3v) is 2.61. The van der Waals surface area contributed by atoms with E-state index in [1.54, 1.807) is 18.0 Å². The molecule has 8 heteroatoms. The number of nitrogens with zero attached hydrogens (tertiary/aromatic N) is 4. The summed E-state index contributed by atoms with van der Waals surface area (Å²) in [6, 6.07) is 0. The fraction of sp³-hybridized carbons (Fsp3) is 0.700. The molecule has 1 amide bonds. The third-order valence-electron chi connectivity index (χ3n) is 2.61. The molecule has 0 atom stereocenters. The highest BCUT2D eigenvalue weighted by molar-refractivity contribution is 5.91. The first kappa shape index (κ1) is 14.6. The Bertz CT molecular complexity index is 367. The number of hydrazine groups is 1. The Balaban J connectivity index is 2.42. The molecular weight excluding hydrogens is 236 g/mol. The Morgan fingerprint density at radius 3 is 3.00 bits per heavy atom. The summed E-state index contributed by atoms with van der Waals surface area (Å²) in [5, 5.41) is 7.59. The maximum Gasteiger partial charge on any atom is 0.287 e. The normalized spacial score (nSPS) is 10.9. The lowest BCUT2D eigenvalue weighted by molar-refractivity contribution is 0.0948. The lowest BCUT2D eigenvalue weighted by Crippen LogP contribution is -2.31. The summed E-state index contributed by atoms with van der Waals surface area (Å²) >= 11 is 0. The quantitative estimate of drug-likeness (QED) is 0.346. The molecule has 18 heavy (non-hydrogen) atoms. The van der Waals surface area contributed by atoms with E-state index in [1.165, 1.54) is 0 Å². The SMILES string of the molecule is CCN(CCOC)CCn1cc(C(=O)NN)nn1. The third kappa shape index (κ3) is 4.40. The summed E-state index contributed by atoms with van der Waals surface area (Å²) in [6.07, 6.45) is 1.58. The number of rotatable bonds is 8. The average Bonchev–Trinajstić information content (AvgIpc) is 2.87. The second-order valence-corrected chi connectivity index (χ2v) is 3.77. The number of hydrogen-bond donors (Lipinski definition) is 2. The minimum Gasteiger partial charge on any atom is -0.383 e. The van der Waals surface area contributed by atoms with Gasteiger partial charge in [0.05, 0.1) is 19.3 Å². The number of aromatic nitrogens is 3. The van der Waals surface area contributed by atoms with Gasteiger partial charge in [-0.1, -0.05) is 12.1 Å². The second kappa shape index (κ2) is 7.75. The van der Waals surface area contributed by atoms with Gasteiger partial charge in [0.2, 0.25) is 0 Å². The van der Waals surface area contributed by atoms with Crippen LogP contribution in [0.2, 0.25) is 0 Å². The van der Waals surface area contributed by atoms with Crippen LogP contribution in [0.1, 0.15) is 17.4 Å². The van der Waals surface area contributed by atoms with Gasteiger partial charge in [-0.2, -0.15) is 0 Å². The molecule has 0 aromatic carbocycles. The summed E-state index contributed by atoms with van der Waals surface area (Å²) < 4.78 is 6.66. The molecule has 0 unspecified atom stereocenters. The molecule has 0 radical (unpaired) electrons. The van der Waals surface area contributed by atoms with Crippen molar-refractivity contribution in [2.45, 2.75) is 13.5 Å². The van der Waals surface area contributed by atoms with Crippen molar-refractivity contribution in [2.24, 2.45) is 5.84 Å². The molecule has 0 aliphatic rings. The summed E-state index contributed by atoms with van der Waals surface area (Å²) in [5.41, 5.74) is 2.24. The number of likely N-dealkylation sites (N-methyl/N-ethyl adjacent to an activating group) is 1. The maximum atomic E-state index is 11.2. The van der Waals surface area contributed by atoms with E-state index < -0.39 is 5.91 Å². The first-order chi connectivity index (χ1) is 8.71. The predicted molar refractivity (Wildman–Crippen MR) is 65.7 cm³/mol. The molecule has 0 bridgehead atoms. The topological polar surface area (TPSA) is 98.3 Å². The Hall–Kier alpha value is -1.51. The molecule has 0 aliphatic carbocycles. The molecule has 0 aliphatic heterocycles. The average molecular weight is 256 g/mol. The highest BCUT2D eigenvalue weighted by Crippen LogP contribution is 1.95. The van der Waals surface area contributed by atoms with Crippen LogP contribution in [0.15, 0.2) is 6.20 Å². The lowest BCUT2D eigenvalue weighted by atomic mass is 10.4. The highest BCUT2D eigenvalue weighted by Gasteiger charge is 2.09. The summed E-state index contributed by atoms with van der Waals surface area (Å²) in [7, 11) is 1.68. The van der Waals surface area contributed by atoms with Gasteiger partial charge in [0.1, 0.15) is 0 Å². The number of amides is 1. The van der Waals surface area contributed by atoms with Gasteiger partial charge in [-0.15, -0.1) is 5.10 Å². The molecule has 1 rings (SSSR count). The van der Waals surface area contributed by atoms with Crippen LogP contribution in [-0.4, -0.2) is 59.2 Å². The zero-order chi connectivity index (χ0) is 13.4. The highest BCUT2D eigenvalue weighted by atomic mass is 16.5. The van der Waals surface area contributed by atoms with E-state index in [0.29, 0.717) is 13.2 Å². The lowest BCUT2D eigenvalue weighted by Gasteiger charge is -2.19. The zero-order valence-electron chi connectivity index (χ0n) is 10.8. The molecule has 0 saturated heterocycles. The van der Waals surface area contributed by atoms with Crippen molar-refractivity contribution in [3.8, 4) is 0 Å². The molecular formula is C10H20N6O2. The van der Waals surface area contributed by atoms with E-state index in [-0.39, 0.29) is 5.69 Å². The van der Waals surface area contributed by atoms with Crippen LogP contribution in [-0.2, 0) is 11.3 Å². The van der Waals surface area contributed by atoms with Crippen molar-refractivity contribution >= 4 is 5.91 Å². The number of ether oxygens (including phenoxy) is 1. The Labute approximate surface area is 106 Å². The van der Waals surface area contributed by atoms with Crippen molar-refractivity contribution in [3.05, 3.63) is 11.9 Å². The van der Waals surface area contributed by atoms with E-state index in [9.17, 15) is 4.79 Å². The first-order valence-electron chi connectivity index (χ1n) is 5.83. The maximum absolute atomic E-state index is 11.2. The summed E-state index contributed by atoms with van der Waals surface area (Å²) in [4.78, 5) is 13.4. The van der Waals surface area contributed by atoms with E-state index in [0.717, 1.165) is 19.6 Å². The summed E-state index contributed by atoms with van der Waals surface area (Å²) in [5.74, 6) is 4.58. The molecule has 1 aromatic heterocycles. The Morgan fingerprint density at radius 2 is 2.39 bits per heavy atom. The van der Waals surface area contributed by atoms with Gasteiger partial charge in [-0.05, 0) is 6.54 Å². The standard InChI is InChI=1S/C10H20N6O2/c1-3-15(6-7-18-2)4-5-16-8-9(13-14-16)10(17)12-11/h8H,3-7,11H2,1-2H3,(H,12,17). The van der Waals surface area contributed by atoms with Crippen LogP contribution in [0, 0.1) is 0 Å². The molecule has 0 spiro atoms. The minimum atomic E-state index is -0.437. The van der Waals surface area contributed by atoms with E-state index in [2.05, 4.69) is 22.1 Å². The molecule has 8 nitrogen and oxygen atoms in total. The molecule has 0 saturated carbocycles.